The van der Waals surface area contributed by atoms with Crippen LogP contribution >= 0.6 is 0 Å². The van der Waals surface area contributed by atoms with Gasteiger partial charge in [0.15, 0.2) is 0 Å². The van der Waals surface area contributed by atoms with Gasteiger partial charge in [0, 0.05) is 45.3 Å². The largest absolute Gasteiger partial charge is 0.465 e. The zero-order chi connectivity index (χ0) is 10.8. The lowest BCUT2D eigenvalue weighted by Gasteiger charge is -2.42. The van der Waals surface area contributed by atoms with Crippen molar-refractivity contribution in [2.45, 2.75) is 13.0 Å². The number of rotatable bonds is 2. The van der Waals surface area contributed by atoms with Gasteiger partial charge < -0.3 is 15.3 Å². The molecule has 86 valence electrons. The fourth-order valence-electron chi connectivity index (χ4n) is 2.25. The van der Waals surface area contributed by atoms with Gasteiger partial charge in [-0.1, -0.05) is 0 Å². The van der Waals surface area contributed by atoms with E-state index in [0.717, 1.165) is 32.1 Å². The third kappa shape index (κ3) is 2.41. The average molecular weight is 213 g/mol. The Morgan fingerprint density at radius 2 is 2.20 bits per heavy atom. The summed E-state index contributed by atoms with van der Waals surface area (Å²) in [5.41, 5.74) is 0. The van der Waals surface area contributed by atoms with Crippen molar-refractivity contribution in [1.82, 2.24) is 15.1 Å². The highest BCUT2D eigenvalue weighted by Crippen LogP contribution is 2.13. The minimum Gasteiger partial charge on any atom is -0.465 e. The first-order valence-electron chi connectivity index (χ1n) is 5.59. The van der Waals surface area contributed by atoms with Crippen LogP contribution in [0.4, 0.5) is 4.79 Å². The Morgan fingerprint density at radius 3 is 2.67 bits per heavy atom. The third-order valence-electron chi connectivity index (χ3n) is 3.39. The Labute approximate surface area is 90.0 Å². The first-order valence-corrected chi connectivity index (χ1v) is 5.59. The number of hydrogen-bond donors (Lipinski definition) is 2. The molecular weight excluding hydrogens is 194 g/mol. The van der Waals surface area contributed by atoms with Gasteiger partial charge in [0.1, 0.15) is 0 Å². The molecule has 1 atom stereocenters. The van der Waals surface area contributed by atoms with Crippen LogP contribution in [0.1, 0.15) is 6.92 Å². The van der Waals surface area contributed by atoms with Crippen molar-refractivity contribution in [2.75, 3.05) is 39.3 Å². The van der Waals surface area contributed by atoms with E-state index < -0.39 is 6.09 Å². The number of nitrogens with one attached hydrogen (secondary N) is 1. The maximum absolute atomic E-state index is 10.8. The second-order valence-electron chi connectivity index (χ2n) is 4.60. The number of amides is 1. The molecule has 15 heavy (non-hydrogen) atoms. The van der Waals surface area contributed by atoms with Crippen molar-refractivity contribution in [3.05, 3.63) is 0 Å². The van der Waals surface area contributed by atoms with Crippen LogP contribution in [0.3, 0.4) is 0 Å². The SMILES string of the molecule is CC1CN(C(=O)O)CCN1CC1CNC1. The van der Waals surface area contributed by atoms with Crippen LogP contribution < -0.4 is 5.32 Å². The first kappa shape index (κ1) is 10.7. The molecule has 2 heterocycles. The lowest BCUT2D eigenvalue weighted by atomic mass is 10.0. The summed E-state index contributed by atoms with van der Waals surface area (Å²) < 4.78 is 0. The molecule has 2 rings (SSSR count). The highest BCUT2D eigenvalue weighted by molar-refractivity contribution is 5.65. The molecule has 2 saturated heterocycles. The summed E-state index contributed by atoms with van der Waals surface area (Å²) in [5.74, 6) is 0.767. The van der Waals surface area contributed by atoms with E-state index in [1.807, 2.05) is 0 Å². The van der Waals surface area contributed by atoms with Crippen molar-refractivity contribution >= 4 is 6.09 Å². The molecule has 0 aromatic rings. The van der Waals surface area contributed by atoms with Gasteiger partial charge in [0.25, 0.3) is 0 Å². The molecule has 2 fully saturated rings. The Kier molecular flexibility index (Phi) is 3.11. The molecule has 0 saturated carbocycles. The third-order valence-corrected chi connectivity index (χ3v) is 3.39. The number of hydrogen-bond acceptors (Lipinski definition) is 3. The fourth-order valence-corrected chi connectivity index (χ4v) is 2.25. The topological polar surface area (TPSA) is 55.8 Å². The second-order valence-corrected chi connectivity index (χ2v) is 4.60. The Balaban J connectivity index is 1.80. The van der Waals surface area contributed by atoms with Crippen LogP contribution in [0.15, 0.2) is 0 Å². The van der Waals surface area contributed by atoms with Gasteiger partial charge in [0.2, 0.25) is 0 Å². The van der Waals surface area contributed by atoms with Gasteiger partial charge in [-0.05, 0) is 12.8 Å². The predicted molar refractivity (Wildman–Crippen MR) is 57.0 cm³/mol. The van der Waals surface area contributed by atoms with E-state index in [1.54, 1.807) is 0 Å². The highest BCUT2D eigenvalue weighted by atomic mass is 16.4. The molecule has 0 aliphatic carbocycles. The molecule has 5 heteroatoms. The monoisotopic (exact) mass is 213 g/mol. The van der Waals surface area contributed by atoms with Gasteiger partial charge in [-0.3, -0.25) is 4.90 Å². The van der Waals surface area contributed by atoms with Crippen LogP contribution in [-0.4, -0.2) is 66.3 Å². The number of piperazine rings is 1. The lowest BCUT2D eigenvalue weighted by molar-refractivity contribution is 0.0598. The van der Waals surface area contributed by atoms with Crippen LogP contribution in [0.25, 0.3) is 0 Å². The Morgan fingerprint density at radius 1 is 1.47 bits per heavy atom. The van der Waals surface area contributed by atoms with Gasteiger partial charge in [-0.15, -0.1) is 0 Å². The molecule has 1 amide bonds. The molecule has 0 aromatic carbocycles. The van der Waals surface area contributed by atoms with Crippen LogP contribution in [0.5, 0.6) is 0 Å². The summed E-state index contributed by atoms with van der Waals surface area (Å²) in [6.07, 6.45) is -0.785. The minimum atomic E-state index is -0.785. The zero-order valence-corrected chi connectivity index (χ0v) is 9.15. The first-order chi connectivity index (χ1) is 7.16. The van der Waals surface area contributed by atoms with Crippen molar-refractivity contribution in [2.24, 2.45) is 5.92 Å². The maximum Gasteiger partial charge on any atom is 0.407 e. The van der Waals surface area contributed by atoms with E-state index in [4.69, 9.17) is 5.11 Å². The molecule has 2 aliphatic rings. The summed E-state index contributed by atoms with van der Waals surface area (Å²) in [6, 6.07) is 0.357. The summed E-state index contributed by atoms with van der Waals surface area (Å²) in [4.78, 5) is 14.7. The van der Waals surface area contributed by atoms with Crippen LogP contribution in [0, 0.1) is 5.92 Å². The van der Waals surface area contributed by atoms with E-state index in [1.165, 1.54) is 4.90 Å². The summed E-state index contributed by atoms with van der Waals surface area (Å²) >= 11 is 0. The van der Waals surface area contributed by atoms with E-state index in [-0.39, 0.29) is 0 Å². The molecular formula is C10H19N3O2. The van der Waals surface area contributed by atoms with Crippen LogP contribution in [0.2, 0.25) is 0 Å². The molecule has 2 aliphatic heterocycles. The Bertz CT molecular complexity index is 243. The lowest BCUT2D eigenvalue weighted by Crippen LogP contribution is -2.57. The number of carbonyl (C=O) groups is 1. The van der Waals surface area contributed by atoms with E-state index in [2.05, 4.69) is 17.1 Å². The molecule has 0 spiro atoms. The van der Waals surface area contributed by atoms with Gasteiger partial charge in [-0.2, -0.15) is 0 Å². The summed E-state index contributed by atoms with van der Waals surface area (Å²) in [7, 11) is 0. The maximum atomic E-state index is 10.8. The number of carboxylic acid groups (broad SMARTS) is 1. The summed E-state index contributed by atoms with van der Waals surface area (Å²) in [5, 5.41) is 12.1. The zero-order valence-electron chi connectivity index (χ0n) is 9.15. The van der Waals surface area contributed by atoms with Gasteiger partial charge in [0.05, 0.1) is 0 Å². The fraction of sp³-hybridized carbons (Fsp3) is 0.900. The van der Waals surface area contributed by atoms with Crippen molar-refractivity contribution in [3.8, 4) is 0 Å². The van der Waals surface area contributed by atoms with E-state index in [9.17, 15) is 4.79 Å². The molecule has 5 nitrogen and oxygen atoms in total. The Hall–Kier alpha value is -0.810. The molecule has 2 N–H and O–H groups in total. The quantitative estimate of drug-likeness (QED) is 0.672. The second kappa shape index (κ2) is 4.37. The van der Waals surface area contributed by atoms with Crippen molar-refractivity contribution < 1.29 is 9.90 Å². The molecule has 1 unspecified atom stereocenters. The number of nitrogens with zero attached hydrogens (tertiary/aromatic N) is 2. The van der Waals surface area contributed by atoms with Gasteiger partial charge in [-0.25, -0.2) is 4.79 Å². The highest BCUT2D eigenvalue weighted by Gasteiger charge is 2.29. The van der Waals surface area contributed by atoms with Gasteiger partial charge >= 0.3 is 6.09 Å². The van der Waals surface area contributed by atoms with Crippen molar-refractivity contribution in [3.63, 3.8) is 0 Å². The van der Waals surface area contributed by atoms with E-state index in [0.29, 0.717) is 19.1 Å². The normalized spacial score (nSPS) is 28.9. The molecule has 0 aromatic heterocycles. The summed E-state index contributed by atoms with van der Waals surface area (Å²) in [6.45, 7) is 7.64. The van der Waals surface area contributed by atoms with Crippen LogP contribution in [-0.2, 0) is 0 Å². The predicted octanol–water partition coefficient (Wildman–Crippen LogP) is -0.110. The standard InChI is InChI=1S/C10H19N3O2/c1-8-6-13(10(14)15)3-2-12(8)7-9-4-11-5-9/h8-9,11H,2-7H2,1H3,(H,14,15). The minimum absolute atomic E-state index is 0.357. The van der Waals surface area contributed by atoms with E-state index >= 15 is 0 Å². The smallest absolute Gasteiger partial charge is 0.407 e. The average Bonchev–Trinajstić information content (AvgIpc) is 2.12. The molecule has 0 bridgehead atoms. The van der Waals surface area contributed by atoms with Crippen molar-refractivity contribution in [1.29, 1.82) is 0 Å². The molecule has 0 radical (unpaired) electrons.